The van der Waals surface area contributed by atoms with Gasteiger partial charge in [0, 0.05) is 28.9 Å². The van der Waals surface area contributed by atoms with Gasteiger partial charge in [-0.15, -0.1) is 24.8 Å². The van der Waals surface area contributed by atoms with E-state index in [2.05, 4.69) is 31.5 Å². The Bertz CT molecular complexity index is 675. The van der Waals surface area contributed by atoms with E-state index in [1.165, 1.54) is 0 Å². The van der Waals surface area contributed by atoms with Gasteiger partial charge in [-0.3, -0.25) is 4.79 Å². The van der Waals surface area contributed by atoms with Crippen molar-refractivity contribution in [1.82, 2.24) is 15.6 Å². The fourth-order valence-corrected chi connectivity index (χ4v) is 3.18. The maximum absolute atomic E-state index is 12.0. The van der Waals surface area contributed by atoms with E-state index in [9.17, 15) is 4.79 Å². The number of hydrogen-bond donors (Lipinski definition) is 2. The van der Waals surface area contributed by atoms with Crippen LogP contribution < -0.4 is 10.6 Å². The minimum atomic E-state index is 0. The van der Waals surface area contributed by atoms with Crippen LogP contribution in [-0.2, 0) is 11.2 Å². The van der Waals surface area contributed by atoms with Crippen molar-refractivity contribution >= 4 is 46.7 Å². The summed E-state index contributed by atoms with van der Waals surface area (Å²) in [5.74, 6) is 1.37. The lowest BCUT2D eigenvalue weighted by Crippen LogP contribution is -2.42. The Balaban J connectivity index is 0.00000156. The molecule has 0 bridgehead atoms. The van der Waals surface area contributed by atoms with E-state index in [1.807, 2.05) is 24.3 Å². The van der Waals surface area contributed by atoms with Gasteiger partial charge in [0.2, 0.25) is 5.91 Å². The number of benzene rings is 1. The largest absolute Gasteiger partial charge is 0.441 e. The van der Waals surface area contributed by atoms with E-state index >= 15 is 0 Å². The van der Waals surface area contributed by atoms with E-state index < -0.39 is 0 Å². The van der Waals surface area contributed by atoms with Gasteiger partial charge in [0.15, 0.2) is 11.7 Å². The maximum Gasteiger partial charge on any atom is 0.220 e. The number of aromatic nitrogens is 1. The number of oxazole rings is 1. The number of carbonyl (C=O) groups excluding carboxylic acids is 1. The molecule has 138 valence electrons. The van der Waals surface area contributed by atoms with Gasteiger partial charge >= 0.3 is 0 Å². The quantitative estimate of drug-likeness (QED) is 0.727. The Morgan fingerprint density at radius 3 is 2.72 bits per heavy atom. The third kappa shape index (κ3) is 6.29. The molecule has 1 amide bonds. The molecule has 0 saturated carbocycles. The number of rotatable bonds is 5. The Morgan fingerprint density at radius 1 is 1.28 bits per heavy atom. The standard InChI is InChI=1S/C17H20BrN3O2.2ClH/c18-14-4-2-1-3-13(14)15-11-20-17(23-15)6-5-16(22)21-12-7-9-19-10-8-12;;/h1-4,11-12,19H,5-10H2,(H,21,22);2*1H. The number of nitrogens with zero attached hydrogens (tertiary/aromatic N) is 1. The third-order valence-electron chi connectivity index (χ3n) is 3.96. The summed E-state index contributed by atoms with van der Waals surface area (Å²) >= 11 is 3.50. The minimum Gasteiger partial charge on any atom is -0.441 e. The van der Waals surface area contributed by atoms with Gasteiger partial charge < -0.3 is 15.1 Å². The van der Waals surface area contributed by atoms with Crippen LogP contribution >= 0.6 is 40.7 Å². The molecule has 2 N–H and O–H groups in total. The summed E-state index contributed by atoms with van der Waals surface area (Å²) in [4.78, 5) is 16.3. The molecule has 25 heavy (non-hydrogen) atoms. The van der Waals surface area contributed by atoms with Gasteiger partial charge in [-0.25, -0.2) is 4.98 Å². The first kappa shape index (κ1) is 22.0. The zero-order chi connectivity index (χ0) is 16.1. The third-order valence-corrected chi connectivity index (χ3v) is 4.65. The predicted octanol–water partition coefficient (Wildman–Crippen LogP) is 3.75. The second kappa shape index (κ2) is 10.8. The van der Waals surface area contributed by atoms with Gasteiger partial charge in [0.05, 0.1) is 6.20 Å². The zero-order valence-corrected chi connectivity index (χ0v) is 16.9. The summed E-state index contributed by atoms with van der Waals surface area (Å²) in [6.07, 6.45) is 4.62. The summed E-state index contributed by atoms with van der Waals surface area (Å²) in [6, 6.07) is 8.14. The van der Waals surface area contributed by atoms with Crippen LogP contribution in [0.3, 0.4) is 0 Å². The van der Waals surface area contributed by atoms with E-state index in [1.54, 1.807) is 6.20 Å². The van der Waals surface area contributed by atoms with E-state index in [0.717, 1.165) is 36.0 Å². The average molecular weight is 451 g/mol. The van der Waals surface area contributed by atoms with Crippen LogP contribution in [0, 0.1) is 0 Å². The van der Waals surface area contributed by atoms with Crippen molar-refractivity contribution in [2.24, 2.45) is 0 Å². The van der Waals surface area contributed by atoms with E-state index in [0.29, 0.717) is 30.5 Å². The number of amides is 1. The van der Waals surface area contributed by atoms with Gasteiger partial charge in [-0.2, -0.15) is 0 Å². The first-order valence-corrected chi connectivity index (χ1v) is 8.71. The number of halogens is 3. The lowest BCUT2D eigenvalue weighted by molar-refractivity contribution is -0.122. The zero-order valence-electron chi connectivity index (χ0n) is 13.7. The van der Waals surface area contributed by atoms with Crippen molar-refractivity contribution in [3.63, 3.8) is 0 Å². The predicted molar refractivity (Wildman–Crippen MR) is 106 cm³/mol. The molecule has 0 atom stereocenters. The molecule has 1 saturated heterocycles. The molecule has 1 fully saturated rings. The molecule has 0 spiro atoms. The second-order valence-corrected chi connectivity index (χ2v) is 6.54. The molecule has 0 aliphatic carbocycles. The van der Waals surface area contributed by atoms with Gasteiger partial charge in [-0.1, -0.05) is 34.1 Å². The van der Waals surface area contributed by atoms with Gasteiger partial charge in [-0.05, 0) is 32.0 Å². The molecular formula is C17H22BrCl2N3O2. The molecular weight excluding hydrogens is 429 g/mol. The highest BCUT2D eigenvalue weighted by molar-refractivity contribution is 9.10. The molecule has 8 heteroatoms. The Labute approximate surface area is 168 Å². The Morgan fingerprint density at radius 2 is 2.00 bits per heavy atom. The van der Waals surface area contributed by atoms with E-state index in [4.69, 9.17) is 4.42 Å². The minimum absolute atomic E-state index is 0. The van der Waals surface area contributed by atoms with Crippen molar-refractivity contribution in [2.75, 3.05) is 13.1 Å². The molecule has 1 aromatic carbocycles. The average Bonchev–Trinajstić information content (AvgIpc) is 3.03. The normalized spacial score (nSPS) is 14.3. The van der Waals surface area contributed by atoms with Crippen LogP contribution in [0.1, 0.15) is 25.2 Å². The van der Waals surface area contributed by atoms with Crippen molar-refractivity contribution in [3.8, 4) is 11.3 Å². The number of nitrogens with one attached hydrogen (secondary N) is 2. The second-order valence-electron chi connectivity index (χ2n) is 5.69. The highest BCUT2D eigenvalue weighted by Crippen LogP contribution is 2.28. The van der Waals surface area contributed by atoms with Crippen molar-refractivity contribution in [1.29, 1.82) is 0 Å². The van der Waals surface area contributed by atoms with Crippen molar-refractivity contribution in [3.05, 3.63) is 40.8 Å². The molecule has 5 nitrogen and oxygen atoms in total. The summed E-state index contributed by atoms with van der Waals surface area (Å²) in [6.45, 7) is 1.94. The van der Waals surface area contributed by atoms with Gasteiger partial charge in [0.1, 0.15) is 0 Å². The highest BCUT2D eigenvalue weighted by Gasteiger charge is 2.16. The highest BCUT2D eigenvalue weighted by atomic mass is 79.9. The molecule has 0 radical (unpaired) electrons. The molecule has 2 aromatic rings. The maximum atomic E-state index is 12.0. The number of carbonyl (C=O) groups is 1. The van der Waals surface area contributed by atoms with Crippen molar-refractivity contribution in [2.45, 2.75) is 31.7 Å². The van der Waals surface area contributed by atoms with Gasteiger partial charge in [0.25, 0.3) is 0 Å². The number of piperidine rings is 1. The fraction of sp³-hybridized carbons (Fsp3) is 0.412. The summed E-state index contributed by atoms with van der Waals surface area (Å²) in [7, 11) is 0. The summed E-state index contributed by atoms with van der Waals surface area (Å²) in [5, 5.41) is 6.37. The molecule has 1 aliphatic heterocycles. The molecule has 2 heterocycles. The number of aryl methyl sites for hydroxylation is 1. The monoisotopic (exact) mass is 449 g/mol. The SMILES string of the molecule is Cl.Cl.O=C(CCc1ncc(-c2ccccc2Br)o1)NC1CCNCC1. The topological polar surface area (TPSA) is 67.2 Å². The first-order valence-electron chi connectivity index (χ1n) is 7.92. The van der Waals surface area contributed by atoms with Crippen molar-refractivity contribution < 1.29 is 9.21 Å². The smallest absolute Gasteiger partial charge is 0.220 e. The van der Waals surface area contributed by atoms with Crippen LogP contribution in [0.25, 0.3) is 11.3 Å². The molecule has 1 aliphatic rings. The van der Waals surface area contributed by atoms with Crippen LogP contribution in [0.2, 0.25) is 0 Å². The lowest BCUT2D eigenvalue weighted by Gasteiger charge is -2.23. The molecule has 0 unspecified atom stereocenters. The fourth-order valence-electron chi connectivity index (χ4n) is 2.70. The first-order chi connectivity index (χ1) is 11.2. The Kier molecular flexibility index (Phi) is 9.50. The molecule has 1 aromatic heterocycles. The van der Waals surface area contributed by atoms with Crippen LogP contribution in [0.4, 0.5) is 0 Å². The summed E-state index contributed by atoms with van der Waals surface area (Å²) < 4.78 is 6.72. The summed E-state index contributed by atoms with van der Waals surface area (Å²) in [5.41, 5.74) is 0.963. The van der Waals surface area contributed by atoms with E-state index in [-0.39, 0.29) is 30.7 Å². The molecule has 3 rings (SSSR count). The van der Waals surface area contributed by atoms with Crippen LogP contribution in [0.5, 0.6) is 0 Å². The van der Waals surface area contributed by atoms with Crippen LogP contribution in [0.15, 0.2) is 39.4 Å². The van der Waals surface area contributed by atoms with Crippen LogP contribution in [-0.4, -0.2) is 30.0 Å². The number of hydrogen-bond acceptors (Lipinski definition) is 4. The lowest BCUT2D eigenvalue weighted by atomic mass is 10.1. The Hall–Kier alpha value is -1.08.